The molecule has 0 aliphatic heterocycles. The van der Waals surface area contributed by atoms with E-state index >= 15 is 0 Å². The van der Waals surface area contributed by atoms with Gasteiger partial charge in [0.15, 0.2) is 5.11 Å². The van der Waals surface area contributed by atoms with E-state index in [2.05, 4.69) is 34.9 Å². The van der Waals surface area contributed by atoms with Crippen LogP contribution in [0.4, 0.5) is 0 Å². The molecule has 0 amide bonds. The average molecular weight is 275 g/mol. The number of rotatable bonds is 3. The Morgan fingerprint density at radius 3 is 2.58 bits per heavy atom. The van der Waals surface area contributed by atoms with Crippen molar-refractivity contribution in [2.75, 3.05) is 0 Å². The number of benzene rings is 1. The van der Waals surface area contributed by atoms with Crippen molar-refractivity contribution in [3.05, 3.63) is 35.4 Å². The lowest BCUT2D eigenvalue weighted by Crippen LogP contribution is -2.40. The zero-order valence-electron chi connectivity index (χ0n) is 11.4. The van der Waals surface area contributed by atoms with Crippen LogP contribution >= 0.6 is 12.2 Å². The molecule has 0 heterocycles. The molecule has 0 saturated heterocycles. The van der Waals surface area contributed by atoms with Crippen molar-refractivity contribution in [2.24, 2.45) is 5.10 Å². The lowest BCUT2D eigenvalue weighted by Gasteiger charge is -2.23. The molecule has 1 aliphatic carbocycles. The summed E-state index contributed by atoms with van der Waals surface area (Å²) in [4.78, 5) is 0. The van der Waals surface area contributed by atoms with E-state index in [-0.39, 0.29) is 0 Å². The fraction of sp³-hybridized carbons (Fsp3) is 0.467. The van der Waals surface area contributed by atoms with E-state index < -0.39 is 0 Å². The van der Waals surface area contributed by atoms with Crippen LogP contribution in [0.2, 0.25) is 0 Å². The summed E-state index contributed by atoms with van der Waals surface area (Å²) in [6.45, 7) is 2.07. The number of nitrogens with zero attached hydrogens (tertiary/aromatic N) is 1. The predicted octanol–water partition coefficient (Wildman–Crippen LogP) is 3.13. The van der Waals surface area contributed by atoms with Crippen molar-refractivity contribution in [3.8, 4) is 0 Å². The first-order valence-corrected chi connectivity index (χ1v) is 7.31. The Hall–Kier alpha value is -1.42. The first-order valence-electron chi connectivity index (χ1n) is 6.90. The van der Waals surface area contributed by atoms with Gasteiger partial charge in [-0.3, -0.25) is 5.43 Å². The monoisotopic (exact) mass is 275 g/mol. The molecular weight excluding hydrogens is 254 g/mol. The molecule has 0 spiro atoms. The molecule has 1 aromatic rings. The Balaban J connectivity index is 1.74. The maximum absolute atomic E-state index is 5.24. The summed E-state index contributed by atoms with van der Waals surface area (Å²) >= 11 is 5.24. The van der Waals surface area contributed by atoms with Gasteiger partial charge in [0.05, 0.1) is 6.21 Å². The van der Waals surface area contributed by atoms with Gasteiger partial charge in [-0.1, -0.05) is 49.1 Å². The number of nitrogens with one attached hydrogen (secondary N) is 2. The fourth-order valence-corrected chi connectivity index (χ4v) is 2.50. The van der Waals surface area contributed by atoms with Crippen LogP contribution < -0.4 is 10.7 Å². The highest BCUT2D eigenvalue weighted by Crippen LogP contribution is 2.17. The average Bonchev–Trinajstić information content (AvgIpc) is 2.42. The molecule has 19 heavy (non-hydrogen) atoms. The van der Waals surface area contributed by atoms with Gasteiger partial charge in [0.2, 0.25) is 0 Å². The van der Waals surface area contributed by atoms with Crippen molar-refractivity contribution < 1.29 is 0 Å². The molecule has 2 rings (SSSR count). The molecule has 1 saturated carbocycles. The summed E-state index contributed by atoms with van der Waals surface area (Å²) in [5.41, 5.74) is 5.20. The predicted molar refractivity (Wildman–Crippen MR) is 84.5 cm³/mol. The van der Waals surface area contributed by atoms with Gasteiger partial charge in [0.1, 0.15) is 0 Å². The smallest absolute Gasteiger partial charge is 0.187 e. The van der Waals surface area contributed by atoms with E-state index in [1.165, 1.54) is 37.7 Å². The molecule has 0 radical (unpaired) electrons. The second-order valence-corrected chi connectivity index (χ2v) is 5.50. The van der Waals surface area contributed by atoms with Crippen molar-refractivity contribution in [3.63, 3.8) is 0 Å². The van der Waals surface area contributed by atoms with Crippen LogP contribution in [-0.4, -0.2) is 17.4 Å². The molecule has 2 N–H and O–H groups in total. The zero-order valence-corrected chi connectivity index (χ0v) is 12.2. The van der Waals surface area contributed by atoms with Crippen LogP contribution in [0.25, 0.3) is 0 Å². The minimum Gasteiger partial charge on any atom is -0.359 e. The van der Waals surface area contributed by atoms with Gasteiger partial charge >= 0.3 is 0 Å². The molecule has 1 aromatic carbocycles. The first-order chi connectivity index (χ1) is 9.24. The lowest BCUT2D eigenvalue weighted by molar-refractivity contribution is 0.412. The van der Waals surface area contributed by atoms with E-state index in [9.17, 15) is 0 Å². The second-order valence-electron chi connectivity index (χ2n) is 5.09. The van der Waals surface area contributed by atoms with Crippen LogP contribution in [-0.2, 0) is 0 Å². The highest BCUT2D eigenvalue weighted by atomic mass is 32.1. The standard InChI is InChI=1S/C15H21N3S/c1-12-7-9-13(10-8-12)11-16-18-15(19)17-14-5-3-2-4-6-14/h7-11,14H,2-6H2,1H3,(H2,17,18,19)/b16-11-. The zero-order chi connectivity index (χ0) is 13.5. The fourth-order valence-electron chi connectivity index (χ4n) is 2.28. The molecule has 3 nitrogen and oxygen atoms in total. The normalized spacial score (nSPS) is 16.5. The number of thiocarbonyl (C=S) groups is 1. The number of aryl methyl sites for hydroxylation is 1. The van der Waals surface area contributed by atoms with Gasteiger partial charge in [-0.05, 0) is 37.5 Å². The topological polar surface area (TPSA) is 36.4 Å². The van der Waals surface area contributed by atoms with Crippen molar-refractivity contribution in [2.45, 2.75) is 45.1 Å². The third-order valence-electron chi connectivity index (χ3n) is 3.40. The number of hydrogen-bond donors (Lipinski definition) is 2. The van der Waals surface area contributed by atoms with Crippen LogP contribution in [0, 0.1) is 6.92 Å². The molecular formula is C15H21N3S. The molecule has 0 aromatic heterocycles. The van der Waals surface area contributed by atoms with Crippen LogP contribution in [0.1, 0.15) is 43.2 Å². The summed E-state index contributed by atoms with van der Waals surface area (Å²) in [6.07, 6.45) is 8.16. The molecule has 102 valence electrons. The first kappa shape index (κ1) is 14.0. The lowest BCUT2D eigenvalue weighted by atomic mass is 9.96. The van der Waals surface area contributed by atoms with E-state index in [1.54, 1.807) is 6.21 Å². The minimum absolute atomic E-state index is 0.517. The summed E-state index contributed by atoms with van der Waals surface area (Å²) < 4.78 is 0. The Morgan fingerprint density at radius 2 is 1.89 bits per heavy atom. The third kappa shape index (κ3) is 4.99. The SMILES string of the molecule is Cc1ccc(/C=N\NC(=S)NC2CCCCC2)cc1. The summed E-state index contributed by atoms with van der Waals surface area (Å²) in [5.74, 6) is 0. The van der Waals surface area contributed by atoms with E-state index in [4.69, 9.17) is 12.2 Å². The van der Waals surface area contributed by atoms with Gasteiger partial charge in [-0.2, -0.15) is 5.10 Å². The molecule has 0 atom stereocenters. The Kier molecular flexibility index (Phi) is 5.33. The summed E-state index contributed by atoms with van der Waals surface area (Å²) in [7, 11) is 0. The Morgan fingerprint density at radius 1 is 1.21 bits per heavy atom. The van der Waals surface area contributed by atoms with Gasteiger partial charge < -0.3 is 5.32 Å². The summed E-state index contributed by atoms with van der Waals surface area (Å²) in [6, 6.07) is 8.74. The highest BCUT2D eigenvalue weighted by molar-refractivity contribution is 7.80. The third-order valence-corrected chi connectivity index (χ3v) is 3.61. The summed E-state index contributed by atoms with van der Waals surface area (Å²) in [5, 5.41) is 8.10. The van der Waals surface area contributed by atoms with Crippen LogP contribution in [0.15, 0.2) is 29.4 Å². The molecule has 0 unspecified atom stereocenters. The van der Waals surface area contributed by atoms with Gasteiger partial charge in [-0.25, -0.2) is 0 Å². The largest absolute Gasteiger partial charge is 0.359 e. The quantitative estimate of drug-likeness (QED) is 0.505. The van der Waals surface area contributed by atoms with E-state index in [1.807, 2.05) is 12.1 Å². The highest BCUT2D eigenvalue weighted by Gasteiger charge is 2.13. The Bertz CT molecular complexity index is 433. The number of hydrogen-bond acceptors (Lipinski definition) is 2. The van der Waals surface area contributed by atoms with Crippen molar-refractivity contribution in [1.82, 2.24) is 10.7 Å². The van der Waals surface area contributed by atoms with Gasteiger partial charge in [0, 0.05) is 6.04 Å². The molecule has 1 aliphatic rings. The van der Waals surface area contributed by atoms with Gasteiger partial charge in [0.25, 0.3) is 0 Å². The van der Waals surface area contributed by atoms with Crippen molar-refractivity contribution >= 4 is 23.5 Å². The molecule has 0 bridgehead atoms. The molecule has 1 fully saturated rings. The van der Waals surface area contributed by atoms with Crippen molar-refractivity contribution in [1.29, 1.82) is 0 Å². The van der Waals surface area contributed by atoms with Crippen LogP contribution in [0.5, 0.6) is 0 Å². The maximum Gasteiger partial charge on any atom is 0.187 e. The van der Waals surface area contributed by atoms with E-state index in [0.29, 0.717) is 11.2 Å². The Labute approximate surface area is 120 Å². The molecule has 4 heteroatoms. The van der Waals surface area contributed by atoms with Gasteiger partial charge in [-0.15, -0.1) is 0 Å². The van der Waals surface area contributed by atoms with Crippen LogP contribution in [0.3, 0.4) is 0 Å². The maximum atomic E-state index is 5.24. The number of hydrazone groups is 1. The second kappa shape index (κ2) is 7.24. The minimum atomic E-state index is 0.517. The van der Waals surface area contributed by atoms with E-state index in [0.717, 1.165) is 5.56 Å².